The van der Waals surface area contributed by atoms with E-state index >= 15 is 0 Å². The highest BCUT2D eigenvalue weighted by molar-refractivity contribution is 7.89. The molecule has 1 atom stereocenters. The normalized spacial score (nSPS) is 17.5. The molecule has 3 aromatic rings. The van der Waals surface area contributed by atoms with Crippen LogP contribution < -0.4 is 10.2 Å². The summed E-state index contributed by atoms with van der Waals surface area (Å²) in [6, 6.07) is 2.02. The number of nitrogens with zero attached hydrogens (tertiary/aromatic N) is 4. The number of aromatic nitrogens is 2. The summed E-state index contributed by atoms with van der Waals surface area (Å²) in [7, 11) is -4.05. The first-order chi connectivity index (χ1) is 21.4. The van der Waals surface area contributed by atoms with Crippen LogP contribution in [0.25, 0.3) is 0 Å². The van der Waals surface area contributed by atoms with Gasteiger partial charge in [-0.25, -0.2) is 30.4 Å². The molecular weight excluding hydrogens is 625 g/mol. The first-order valence-electron chi connectivity index (χ1n) is 14.1. The maximum Gasteiger partial charge on any atom is 0.254 e. The minimum Gasteiger partial charge on any atom is -0.507 e. The molecule has 2 heterocycles. The number of nitrogens with one attached hydrogen (secondary N) is 1. The molecule has 0 radical (unpaired) electrons. The summed E-state index contributed by atoms with van der Waals surface area (Å²) in [6.45, 7) is -0.759. The van der Waals surface area contributed by atoms with E-state index in [1.807, 2.05) is 0 Å². The van der Waals surface area contributed by atoms with Gasteiger partial charge in [-0.2, -0.15) is 4.31 Å². The summed E-state index contributed by atoms with van der Waals surface area (Å²) in [5, 5.41) is 12.9. The van der Waals surface area contributed by atoms with Crippen LogP contribution in [0.1, 0.15) is 66.2 Å². The SMILES string of the molecule is CNC(=O)c1ccc(N(Cc2cnc(C3CCCCC3)cn2)C(=O)[C@H]2CCN2S(=O)(=O)c2c(F)c(F)c(F)c(F)c2F)cc1O. The average Bonchev–Trinajstić information content (AvgIpc) is 3.01. The molecule has 1 saturated carbocycles. The predicted molar refractivity (Wildman–Crippen MR) is 149 cm³/mol. The molecule has 1 aliphatic heterocycles. The molecule has 16 heteroatoms. The number of phenolic OH excluding ortho intramolecular Hbond substituents is 1. The quantitative estimate of drug-likeness (QED) is 0.211. The van der Waals surface area contributed by atoms with Crippen molar-refractivity contribution in [1.82, 2.24) is 19.6 Å². The van der Waals surface area contributed by atoms with Crippen LogP contribution in [-0.2, 0) is 21.4 Å². The maximum absolute atomic E-state index is 14.5. The van der Waals surface area contributed by atoms with Crippen LogP contribution in [0.4, 0.5) is 27.6 Å². The molecule has 2 amide bonds. The van der Waals surface area contributed by atoms with Gasteiger partial charge in [0.2, 0.25) is 21.7 Å². The topological polar surface area (TPSA) is 133 Å². The van der Waals surface area contributed by atoms with E-state index in [0.717, 1.165) is 48.8 Å². The summed E-state index contributed by atoms with van der Waals surface area (Å²) >= 11 is 0. The number of halogens is 5. The van der Waals surface area contributed by atoms with Gasteiger partial charge in [0.15, 0.2) is 28.2 Å². The van der Waals surface area contributed by atoms with E-state index in [1.165, 1.54) is 25.4 Å². The second-order valence-electron chi connectivity index (χ2n) is 10.8. The van der Waals surface area contributed by atoms with Gasteiger partial charge in [-0.05, 0) is 31.4 Å². The molecule has 0 bridgehead atoms. The number of rotatable bonds is 8. The lowest BCUT2D eigenvalue weighted by atomic mass is 9.87. The molecular formula is C29H28F5N5O5S. The number of carbonyl (C=O) groups excluding carboxylic acids is 2. The van der Waals surface area contributed by atoms with Crippen LogP contribution >= 0.6 is 0 Å². The smallest absolute Gasteiger partial charge is 0.254 e. The fourth-order valence-corrected chi connectivity index (χ4v) is 7.28. The van der Waals surface area contributed by atoms with E-state index in [-0.39, 0.29) is 35.8 Å². The van der Waals surface area contributed by atoms with Crippen molar-refractivity contribution in [2.24, 2.45) is 0 Å². The molecule has 10 nitrogen and oxygen atoms in total. The summed E-state index contributed by atoms with van der Waals surface area (Å²) < 4.78 is 97.1. The summed E-state index contributed by atoms with van der Waals surface area (Å²) in [6.07, 6.45) is 8.09. The van der Waals surface area contributed by atoms with Crippen molar-refractivity contribution in [1.29, 1.82) is 0 Å². The Morgan fingerprint density at radius 3 is 2.13 bits per heavy atom. The van der Waals surface area contributed by atoms with Crippen molar-refractivity contribution >= 4 is 27.5 Å². The van der Waals surface area contributed by atoms with Crippen LogP contribution in [0.2, 0.25) is 0 Å². The predicted octanol–water partition coefficient (Wildman–Crippen LogP) is 4.28. The van der Waals surface area contributed by atoms with Gasteiger partial charge in [-0.1, -0.05) is 19.3 Å². The molecule has 2 N–H and O–H groups in total. The number of phenols is 1. The zero-order valence-electron chi connectivity index (χ0n) is 23.9. The summed E-state index contributed by atoms with van der Waals surface area (Å²) in [5.74, 6) is -14.4. The zero-order valence-corrected chi connectivity index (χ0v) is 24.7. The molecule has 45 heavy (non-hydrogen) atoms. The van der Waals surface area contributed by atoms with Crippen molar-refractivity contribution in [3.8, 4) is 5.75 Å². The van der Waals surface area contributed by atoms with Crippen LogP contribution in [0.3, 0.4) is 0 Å². The van der Waals surface area contributed by atoms with Gasteiger partial charge >= 0.3 is 0 Å². The van der Waals surface area contributed by atoms with E-state index in [4.69, 9.17) is 0 Å². The number of benzene rings is 2. The summed E-state index contributed by atoms with van der Waals surface area (Å²) in [5.41, 5.74) is 0.933. The third-order valence-electron chi connectivity index (χ3n) is 8.09. The van der Waals surface area contributed by atoms with Crippen molar-refractivity contribution < 1.29 is 45.1 Å². The molecule has 1 aliphatic carbocycles. The molecule has 2 fully saturated rings. The minimum atomic E-state index is -5.40. The van der Waals surface area contributed by atoms with E-state index in [2.05, 4.69) is 15.3 Å². The number of sulfonamides is 1. The Bertz CT molecular complexity index is 1720. The first-order valence-corrected chi connectivity index (χ1v) is 15.5. The highest BCUT2D eigenvalue weighted by atomic mass is 32.2. The Balaban J connectivity index is 1.49. The monoisotopic (exact) mass is 653 g/mol. The largest absolute Gasteiger partial charge is 0.507 e. The molecule has 0 unspecified atom stereocenters. The standard InChI is InChI=1S/C29H28F5N5O5S/c1-35-28(41)18-8-7-17(11-21(18)40)38(14-16-12-37-19(13-36-16)15-5-3-2-4-6-15)29(42)20-9-10-39(20)45(43,44)27-25(33)23(31)22(30)24(32)26(27)34/h7-8,11-13,15,20,40H,2-6,9-10,14H2,1H3,(H,35,41)/t20-/m1/s1. The third-order valence-corrected chi connectivity index (χ3v) is 10.0. The van der Waals surface area contributed by atoms with Gasteiger partial charge in [0.25, 0.3) is 5.91 Å². The van der Waals surface area contributed by atoms with Crippen molar-refractivity contribution in [2.75, 3.05) is 18.5 Å². The number of amides is 2. The Morgan fingerprint density at radius 2 is 1.60 bits per heavy atom. The van der Waals surface area contributed by atoms with Gasteiger partial charge in [0.05, 0.1) is 29.7 Å². The average molecular weight is 654 g/mol. The minimum absolute atomic E-state index is 0.00351. The third kappa shape index (κ3) is 5.95. The lowest BCUT2D eigenvalue weighted by Crippen LogP contribution is -2.59. The fourth-order valence-electron chi connectivity index (χ4n) is 5.53. The molecule has 2 aromatic carbocycles. The second-order valence-corrected chi connectivity index (χ2v) is 12.6. The van der Waals surface area contributed by atoms with Gasteiger partial charge in [0, 0.05) is 37.5 Å². The first kappa shape index (κ1) is 32.2. The molecule has 1 aromatic heterocycles. The highest BCUT2D eigenvalue weighted by Gasteiger charge is 2.48. The molecule has 0 spiro atoms. The van der Waals surface area contributed by atoms with Crippen molar-refractivity contribution in [3.05, 3.63) is 76.6 Å². The number of anilines is 1. The van der Waals surface area contributed by atoms with Gasteiger partial charge in [-0.3, -0.25) is 19.6 Å². The molecule has 5 rings (SSSR count). The Hall–Kier alpha value is -4.18. The van der Waals surface area contributed by atoms with Gasteiger partial charge in [-0.15, -0.1) is 0 Å². The molecule has 1 saturated heterocycles. The van der Waals surface area contributed by atoms with Crippen LogP contribution in [0.15, 0.2) is 35.5 Å². The maximum atomic E-state index is 14.5. The van der Waals surface area contributed by atoms with Gasteiger partial charge in [0.1, 0.15) is 11.8 Å². The van der Waals surface area contributed by atoms with Crippen molar-refractivity contribution in [3.63, 3.8) is 0 Å². The van der Waals surface area contributed by atoms with E-state index in [9.17, 15) is 45.1 Å². The fraction of sp³-hybridized carbons (Fsp3) is 0.379. The molecule has 2 aliphatic rings. The van der Waals surface area contributed by atoms with Crippen LogP contribution in [0.5, 0.6) is 5.75 Å². The highest BCUT2D eigenvalue weighted by Crippen LogP contribution is 2.36. The number of aromatic hydroxyl groups is 1. The lowest BCUT2D eigenvalue weighted by molar-refractivity contribution is -0.125. The lowest BCUT2D eigenvalue weighted by Gasteiger charge is -2.41. The zero-order chi connectivity index (χ0) is 32.6. The Kier molecular flexibility index (Phi) is 9.07. The summed E-state index contributed by atoms with van der Waals surface area (Å²) in [4.78, 5) is 33.9. The van der Waals surface area contributed by atoms with E-state index in [0.29, 0.717) is 4.31 Å². The van der Waals surface area contributed by atoms with E-state index in [1.54, 1.807) is 6.20 Å². The second kappa shape index (κ2) is 12.7. The number of hydrogen-bond acceptors (Lipinski definition) is 7. The van der Waals surface area contributed by atoms with Gasteiger partial charge < -0.3 is 15.3 Å². The van der Waals surface area contributed by atoms with Crippen LogP contribution in [0, 0.1) is 29.1 Å². The van der Waals surface area contributed by atoms with Crippen LogP contribution in [-0.4, -0.2) is 59.2 Å². The number of hydrogen-bond donors (Lipinski definition) is 2. The Morgan fingerprint density at radius 1 is 0.956 bits per heavy atom. The van der Waals surface area contributed by atoms with E-state index < -0.39 is 74.2 Å². The Labute approximate surface area is 254 Å². The molecule has 240 valence electrons. The number of carbonyl (C=O) groups is 2. The van der Waals surface area contributed by atoms with Crippen molar-refractivity contribution in [2.45, 2.75) is 61.9 Å².